The monoisotopic (exact) mass is 297 g/mol. The Labute approximate surface area is 110 Å². The van der Waals surface area contributed by atoms with Gasteiger partial charge in [0.25, 0.3) is 0 Å². The zero-order valence-corrected chi connectivity index (χ0v) is 10.7. The third-order valence-electron chi connectivity index (χ3n) is 1.50. The molecule has 0 aliphatic rings. The summed E-state index contributed by atoms with van der Waals surface area (Å²) < 4.78 is 52.1. The van der Waals surface area contributed by atoms with E-state index in [0.717, 1.165) is 0 Å². The fourth-order valence-corrected chi connectivity index (χ4v) is 0.881. The fourth-order valence-electron chi connectivity index (χ4n) is 0.881. The number of hydrogen-bond donors (Lipinski definition) is 0. The van der Waals surface area contributed by atoms with E-state index in [1.807, 2.05) is 0 Å². The molecule has 0 unspecified atom stereocenters. The van der Waals surface area contributed by atoms with Crippen LogP contribution in [-0.2, 0) is 32.7 Å². The van der Waals surface area contributed by atoms with Gasteiger partial charge in [0.2, 0.25) is 0 Å². The zero-order chi connectivity index (χ0) is 10.8. The summed E-state index contributed by atoms with van der Waals surface area (Å²) in [5.41, 5.74) is 0.660. The number of hydrogen-bond acceptors (Lipinski definition) is 1. The van der Waals surface area contributed by atoms with Crippen molar-refractivity contribution >= 4 is 0 Å². The largest absolute Gasteiger partial charge is 0.461 e. The predicted molar refractivity (Wildman–Crippen MR) is 42.8 cm³/mol. The van der Waals surface area contributed by atoms with Crippen molar-refractivity contribution in [3.8, 4) is 5.75 Å². The average molecular weight is 297 g/mol. The third-order valence-corrected chi connectivity index (χ3v) is 1.50. The molecule has 0 aromatic heterocycles. The summed E-state index contributed by atoms with van der Waals surface area (Å²) >= 11 is 0. The smallest absolute Gasteiger partial charge is 0.428 e. The van der Waals surface area contributed by atoms with Gasteiger partial charge >= 0.3 is 12.5 Å². The summed E-state index contributed by atoms with van der Waals surface area (Å²) in [5.74, 6) is -0.268. The number of ether oxygens (including phenoxy) is 1. The van der Waals surface area contributed by atoms with Crippen LogP contribution in [0.25, 0.3) is 0 Å². The molecule has 0 aliphatic heterocycles. The fraction of sp³-hybridized carbons (Fsp3) is 0.333. The van der Waals surface area contributed by atoms with Crippen molar-refractivity contribution in [2.75, 3.05) is 0 Å². The molecule has 0 bridgehead atoms. The van der Waals surface area contributed by atoms with Gasteiger partial charge in [-0.3, -0.25) is 0 Å². The van der Waals surface area contributed by atoms with Crippen LogP contribution in [0, 0.1) is 6.92 Å². The summed E-state index contributed by atoms with van der Waals surface area (Å²) in [5, 5.41) is 0. The van der Waals surface area contributed by atoms with E-state index in [1.54, 1.807) is 13.0 Å². The van der Waals surface area contributed by atoms with Gasteiger partial charge in [-0.15, -0.1) is 0 Å². The van der Waals surface area contributed by atoms with Gasteiger partial charge in [-0.25, -0.2) is 0 Å². The van der Waals surface area contributed by atoms with Crippen LogP contribution in [0.1, 0.15) is 5.56 Å². The molecule has 1 aromatic carbocycles. The Hall–Kier alpha value is -0.156. The summed E-state index contributed by atoms with van der Waals surface area (Å²) in [7, 11) is 0. The van der Waals surface area contributed by atoms with E-state index in [9.17, 15) is 17.6 Å². The molecule has 0 aliphatic carbocycles. The summed E-state index contributed by atoms with van der Waals surface area (Å²) in [6.45, 7) is 1.65. The van der Waals surface area contributed by atoms with E-state index in [-0.39, 0.29) is 38.5 Å². The van der Waals surface area contributed by atoms with Gasteiger partial charge in [0.05, 0.1) is 0 Å². The van der Waals surface area contributed by atoms with Crippen molar-refractivity contribution in [2.45, 2.75) is 19.5 Å². The molecule has 1 radical (unpaired) electrons. The van der Waals surface area contributed by atoms with E-state index in [1.165, 1.54) is 18.2 Å². The first kappa shape index (κ1) is 14.8. The molecule has 81 valence electrons. The molecule has 6 heteroatoms. The molecule has 0 saturated carbocycles. The molecule has 1 nitrogen and oxygen atoms in total. The molecule has 0 atom stereocenters. The Kier molecular flexibility index (Phi) is 5.74. The van der Waals surface area contributed by atoms with Crippen molar-refractivity contribution in [3.63, 3.8) is 0 Å². The van der Waals surface area contributed by atoms with Gasteiger partial charge in [0.15, 0.2) is 0 Å². The van der Waals surface area contributed by atoms with Gasteiger partial charge in [-0.05, 0) is 24.6 Å². The molecule has 0 heterocycles. The maximum Gasteiger partial charge on any atom is 0.461 e. The molecule has 1 rings (SSSR count). The van der Waals surface area contributed by atoms with Gasteiger partial charge in [-0.2, -0.15) is 17.6 Å². The Balaban J connectivity index is 0.00000196. The first-order valence-electron chi connectivity index (χ1n) is 3.83. The molecule has 0 fully saturated rings. The van der Waals surface area contributed by atoms with E-state index in [4.69, 9.17) is 0 Å². The molecule has 1 aromatic rings. The quantitative estimate of drug-likeness (QED) is 0.778. The van der Waals surface area contributed by atoms with Crippen LogP contribution in [0.5, 0.6) is 5.75 Å². The van der Waals surface area contributed by atoms with Crippen LogP contribution in [-0.4, -0.2) is 12.5 Å². The predicted octanol–water partition coefficient (Wildman–Crippen LogP) is 3.23. The van der Waals surface area contributed by atoms with Crippen LogP contribution < -0.4 is 4.74 Å². The third kappa shape index (κ3) is 4.47. The topological polar surface area (TPSA) is 9.23 Å². The number of benzene rings is 1. The number of aryl methyl sites for hydroxylation is 1. The van der Waals surface area contributed by atoms with E-state index >= 15 is 0 Å². The number of alkyl halides is 4. The Morgan fingerprint density at radius 2 is 1.87 bits per heavy atom. The van der Waals surface area contributed by atoms with Crippen molar-refractivity contribution < 1.29 is 55.0 Å². The normalized spacial score (nSPS) is 11.1. The molecule has 0 spiro atoms. The Morgan fingerprint density at radius 3 is 2.33 bits per heavy atom. The Bertz CT molecular complexity index is 317. The van der Waals surface area contributed by atoms with Crippen LogP contribution in [0.4, 0.5) is 17.6 Å². The van der Waals surface area contributed by atoms with E-state index < -0.39 is 12.5 Å². The van der Waals surface area contributed by atoms with Crippen molar-refractivity contribution in [2.24, 2.45) is 0 Å². The van der Waals surface area contributed by atoms with Crippen LogP contribution in [0.2, 0.25) is 0 Å². The maximum atomic E-state index is 12.4. The minimum atomic E-state index is -4.44. The molecular weight excluding hydrogens is 289 g/mol. The first-order chi connectivity index (χ1) is 6.42. The van der Waals surface area contributed by atoms with Gasteiger partial charge in [0.1, 0.15) is 5.75 Å². The van der Waals surface area contributed by atoms with Crippen LogP contribution >= 0.6 is 0 Å². The second kappa shape index (κ2) is 5.80. The summed E-state index contributed by atoms with van der Waals surface area (Å²) in [6, 6.07) is 5.55. The molecule has 0 saturated heterocycles. The molecule has 15 heavy (non-hydrogen) atoms. The number of rotatable bonds is 3. The van der Waals surface area contributed by atoms with Crippen LogP contribution in [0.3, 0.4) is 0 Å². The van der Waals surface area contributed by atoms with E-state index in [0.29, 0.717) is 5.56 Å². The average Bonchev–Trinajstić information content (AvgIpc) is 2.02. The van der Waals surface area contributed by atoms with Gasteiger partial charge in [0, 0.05) is 32.7 Å². The minimum Gasteiger partial charge on any atom is -0.428 e. The minimum absolute atomic E-state index is 0. The number of halogens is 4. The van der Waals surface area contributed by atoms with E-state index in [2.05, 4.69) is 4.74 Å². The maximum absolute atomic E-state index is 12.4. The van der Waals surface area contributed by atoms with Gasteiger partial charge in [-0.1, -0.05) is 12.1 Å². The molecule has 0 N–H and O–H groups in total. The Morgan fingerprint density at radius 1 is 1.27 bits per heavy atom. The van der Waals surface area contributed by atoms with Crippen molar-refractivity contribution in [3.05, 3.63) is 29.8 Å². The second-order valence-corrected chi connectivity index (χ2v) is 2.78. The second-order valence-electron chi connectivity index (χ2n) is 2.78. The summed E-state index contributed by atoms with van der Waals surface area (Å²) in [6.07, 6.45) is -8.27. The molecular formula is C9H8F4OY. The summed E-state index contributed by atoms with van der Waals surface area (Å²) in [4.78, 5) is 0. The first-order valence-corrected chi connectivity index (χ1v) is 3.83. The van der Waals surface area contributed by atoms with Crippen molar-refractivity contribution in [1.29, 1.82) is 0 Å². The van der Waals surface area contributed by atoms with Crippen molar-refractivity contribution in [1.82, 2.24) is 0 Å². The SMILES string of the molecule is Cc1cccc(OC(F)(F)C(F)F)c1.[Y]. The standard InChI is InChI=1S/C9H8F4O.Y/c1-6-3-2-4-7(5-6)14-9(12,13)8(10)11;/h2-5,8H,1H3;. The zero-order valence-electron chi connectivity index (χ0n) is 7.88. The molecule has 0 amide bonds. The van der Waals surface area contributed by atoms with Gasteiger partial charge < -0.3 is 4.74 Å². The van der Waals surface area contributed by atoms with Crippen LogP contribution in [0.15, 0.2) is 24.3 Å².